The molecule has 0 spiro atoms. The molecule has 82 heavy (non-hydrogen) atoms. The monoisotopic (exact) mass is 1150 g/mol. The maximum absolute atomic E-state index is 12.9. The fourth-order valence-corrected chi connectivity index (χ4v) is 11.6. The fourth-order valence-electron chi connectivity index (χ4n) is 11.6. The first-order valence-corrected chi connectivity index (χ1v) is 37.3. The second-order valence-electron chi connectivity index (χ2n) is 25.6. The van der Waals surface area contributed by atoms with E-state index in [-0.39, 0.29) is 31.1 Å². The van der Waals surface area contributed by atoms with Crippen molar-refractivity contribution >= 4 is 17.9 Å². The molecule has 0 heterocycles. The van der Waals surface area contributed by atoms with E-state index in [0.29, 0.717) is 19.3 Å². The topological polar surface area (TPSA) is 78.9 Å². The second kappa shape index (κ2) is 71.4. The van der Waals surface area contributed by atoms with E-state index >= 15 is 0 Å². The largest absolute Gasteiger partial charge is 0.462 e. The first-order valence-electron chi connectivity index (χ1n) is 37.3. The normalized spacial score (nSPS) is 12.1. The lowest BCUT2D eigenvalue weighted by atomic mass is 10.0. The Balaban J connectivity index is 4.11. The lowest BCUT2D eigenvalue weighted by Crippen LogP contribution is -2.30. The van der Waals surface area contributed by atoms with E-state index in [0.717, 1.165) is 64.2 Å². The molecule has 0 radical (unpaired) electrons. The van der Waals surface area contributed by atoms with Gasteiger partial charge in [-0.2, -0.15) is 0 Å². The van der Waals surface area contributed by atoms with Crippen molar-refractivity contribution in [2.75, 3.05) is 13.2 Å². The number of carbonyl (C=O) groups excluding carboxylic acids is 3. The van der Waals surface area contributed by atoms with Gasteiger partial charge in [-0.25, -0.2) is 0 Å². The first-order chi connectivity index (χ1) is 40.5. The second-order valence-corrected chi connectivity index (χ2v) is 25.6. The fraction of sp³-hybridized carbons (Fsp3) is 0.908. The van der Waals surface area contributed by atoms with Crippen LogP contribution in [0.3, 0.4) is 0 Å². The highest BCUT2D eigenvalue weighted by molar-refractivity contribution is 5.71. The highest BCUT2D eigenvalue weighted by Gasteiger charge is 2.20. The van der Waals surface area contributed by atoms with Crippen molar-refractivity contribution in [3.05, 3.63) is 24.3 Å². The number of rotatable bonds is 70. The Labute approximate surface area is 513 Å². The molecular weight excluding hydrogens is 1010 g/mol. The van der Waals surface area contributed by atoms with E-state index in [2.05, 4.69) is 45.1 Å². The number of allylic oxidation sites excluding steroid dienone is 4. The molecule has 0 fully saturated rings. The third-order valence-electron chi connectivity index (χ3n) is 17.2. The lowest BCUT2D eigenvalue weighted by molar-refractivity contribution is -0.167. The standard InChI is InChI=1S/C76H144O6/c1-4-7-10-13-16-19-22-25-28-30-31-32-33-34-35-36-37-38-39-40-41-42-43-44-45-46-49-51-54-57-60-63-66-69-75(78)81-72-73(71-80-74(77)68-65-62-59-56-53-50-47-27-24-21-18-15-12-9-6-3)82-76(79)70-67-64-61-58-55-52-48-29-26-23-20-17-14-11-8-5-2/h29-31,48,73H,4-28,32-47,49-72H2,1-3H3/b31-30-,48-29-. The van der Waals surface area contributed by atoms with Crippen LogP contribution in [0, 0.1) is 0 Å². The Bertz CT molecular complexity index is 1320. The summed E-state index contributed by atoms with van der Waals surface area (Å²) in [5, 5.41) is 0. The SMILES string of the molecule is CCCCCCCCC/C=C\CCCCCCCC(=O)OC(COC(=O)CCCCCCCCCCCCCCCCC)COC(=O)CCCCCCCCCCCCCCCCCCCCCCC/C=C\CCCCCCCCCC. The number of hydrogen-bond acceptors (Lipinski definition) is 6. The van der Waals surface area contributed by atoms with Gasteiger partial charge in [-0.1, -0.05) is 360 Å². The average Bonchev–Trinajstić information content (AvgIpc) is 3.47. The molecule has 0 aliphatic carbocycles. The van der Waals surface area contributed by atoms with Crippen LogP contribution in [0.25, 0.3) is 0 Å². The summed E-state index contributed by atoms with van der Waals surface area (Å²) in [5.41, 5.74) is 0. The van der Waals surface area contributed by atoms with Crippen LogP contribution >= 0.6 is 0 Å². The van der Waals surface area contributed by atoms with Gasteiger partial charge in [-0.3, -0.25) is 14.4 Å². The van der Waals surface area contributed by atoms with Gasteiger partial charge in [0, 0.05) is 19.3 Å². The molecule has 0 N–H and O–H groups in total. The summed E-state index contributed by atoms with van der Waals surface area (Å²) in [6.45, 7) is 6.71. The summed E-state index contributed by atoms with van der Waals surface area (Å²) >= 11 is 0. The molecule has 1 unspecified atom stereocenters. The summed E-state index contributed by atoms with van der Waals surface area (Å²) in [7, 11) is 0. The van der Waals surface area contributed by atoms with E-state index in [1.54, 1.807) is 0 Å². The van der Waals surface area contributed by atoms with Crippen LogP contribution in [-0.2, 0) is 28.6 Å². The van der Waals surface area contributed by atoms with Crippen molar-refractivity contribution < 1.29 is 28.6 Å². The minimum Gasteiger partial charge on any atom is -0.462 e. The molecule has 0 bridgehead atoms. The molecule has 6 nitrogen and oxygen atoms in total. The molecule has 0 saturated carbocycles. The van der Waals surface area contributed by atoms with Gasteiger partial charge in [-0.05, 0) is 70.6 Å². The van der Waals surface area contributed by atoms with Crippen molar-refractivity contribution in [1.29, 1.82) is 0 Å². The third kappa shape index (κ3) is 68.7. The Morgan fingerprint density at radius 1 is 0.232 bits per heavy atom. The zero-order valence-electron chi connectivity index (χ0n) is 55.8. The van der Waals surface area contributed by atoms with E-state index < -0.39 is 6.10 Å². The Morgan fingerprint density at radius 2 is 0.402 bits per heavy atom. The van der Waals surface area contributed by atoms with Gasteiger partial charge in [0.15, 0.2) is 6.10 Å². The van der Waals surface area contributed by atoms with Crippen LogP contribution < -0.4 is 0 Å². The molecule has 0 aromatic heterocycles. The molecule has 0 amide bonds. The smallest absolute Gasteiger partial charge is 0.306 e. The predicted molar refractivity (Wildman–Crippen MR) is 358 cm³/mol. The molecule has 0 aliphatic rings. The van der Waals surface area contributed by atoms with Gasteiger partial charge in [0.25, 0.3) is 0 Å². The summed E-state index contributed by atoms with van der Waals surface area (Å²) in [4.78, 5) is 38.4. The van der Waals surface area contributed by atoms with Crippen molar-refractivity contribution in [1.82, 2.24) is 0 Å². The summed E-state index contributed by atoms with van der Waals surface area (Å²) in [5.74, 6) is -0.842. The summed E-state index contributed by atoms with van der Waals surface area (Å²) < 4.78 is 17.0. The third-order valence-corrected chi connectivity index (χ3v) is 17.2. The van der Waals surface area contributed by atoms with Crippen molar-refractivity contribution in [3.63, 3.8) is 0 Å². The van der Waals surface area contributed by atoms with Crippen molar-refractivity contribution in [2.24, 2.45) is 0 Å². The highest BCUT2D eigenvalue weighted by atomic mass is 16.6. The maximum Gasteiger partial charge on any atom is 0.306 e. The van der Waals surface area contributed by atoms with Crippen LogP contribution in [0.1, 0.15) is 425 Å². The van der Waals surface area contributed by atoms with Gasteiger partial charge in [0.2, 0.25) is 0 Å². The molecule has 0 rings (SSSR count). The average molecular weight is 1150 g/mol. The predicted octanol–water partition coefficient (Wildman–Crippen LogP) is 25.7. The van der Waals surface area contributed by atoms with E-state index in [1.807, 2.05) is 0 Å². The minimum atomic E-state index is -0.772. The number of ether oxygens (including phenoxy) is 3. The minimum absolute atomic E-state index is 0.0679. The molecule has 1 atom stereocenters. The van der Waals surface area contributed by atoms with Gasteiger partial charge in [0.1, 0.15) is 13.2 Å². The molecule has 6 heteroatoms. The van der Waals surface area contributed by atoms with Crippen LogP contribution in [0.15, 0.2) is 24.3 Å². The van der Waals surface area contributed by atoms with Crippen molar-refractivity contribution in [2.45, 2.75) is 431 Å². The highest BCUT2D eigenvalue weighted by Crippen LogP contribution is 2.19. The number of hydrogen-bond donors (Lipinski definition) is 0. The summed E-state index contributed by atoms with van der Waals surface area (Å²) in [6, 6.07) is 0. The zero-order valence-corrected chi connectivity index (χ0v) is 55.8. The first kappa shape index (κ1) is 79.9. The van der Waals surface area contributed by atoms with E-state index in [1.165, 1.54) is 321 Å². The Morgan fingerprint density at radius 3 is 0.610 bits per heavy atom. The molecule has 484 valence electrons. The molecule has 0 aliphatic heterocycles. The van der Waals surface area contributed by atoms with E-state index in [4.69, 9.17) is 14.2 Å². The molecule has 0 aromatic carbocycles. The van der Waals surface area contributed by atoms with Crippen LogP contribution in [-0.4, -0.2) is 37.2 Å². The number of esters is 3. The van der Waals surface area contributed by atoms with Gasteiger partial charge in [-0.15, -0.1) is 0 Å². The lowest BCUT2D eigenvalue weighted by Gasteiger charge is -2.18. The Kier molecular flexibility index (Phi) is 69.5. The molecule has 0 saturated heterocycles. The summed E-state index contributed by atoms with van der Waals surface area (Å²) in [6.07, 6.45) is 88.0. The van der Waals surface area contributed by atoms with E-state index in [9.17, 15) is 14.4 Å². The number of unbranched alkanes of at least 4 members (excludes halogenated alkanes) is 55. The van der Waals surface area contributed by atoms with Crippen LogP contribution in [0.2, 0.25) is 0 Å². The molecule has 0 aromatic rings. The zero-order chi connectivity index (χ0) is 59.2. The van der Waals surface area contributed by atoms with Crippen LogP contribution in [0.5, 0.6) is 0 Å². The number of carbonyl (C=O) groups is 3. The van der Waals surface area contributed by atoms with Gasteiger partial charge >= 0.3 is 17.9 Å². The Hall–Kier alpha value is -2.11. The van der Waals surface area contributed by atoms with Gasteiger partial charge in [0.05, 0.1) is 0 Å². The maximum atomic E-state index is 12.9. The molecular formula is C76H144O6. The van der Waals surface area contributed by atoms with Crippen LogP contribution in [0.4, 0.5) is 0 Å². The van der Waals surface area contributed by atoms with Crippen molar-refractivity contribution in [3.8, 4) is 0 Å². The quantitative estimate of drug-likeness (QED) is 0.0261. The van der Waals surface area contributed by atoms with Gasteiger partial charge < -0.3 is 14.2 Å².